The fraction of sp³-hybridized carbons (Fsp3) is 0.591. The molecule has 1 aromatic rings. The van der Waals surface area contributed by atoms with Crippen molar-refractivity contribution in [1.82, 2.24) is 10.2 Å². The van der Waals surface area contributed by atoms with Crippen molar-refractivity contribution in [3.8, 4) is 0 Å². The van der Waals surface area contributed by atoms with E-state index < -0.39 is 18.0 Å². The molecule has 9 nitrogen and oxygen atoms in total. The molecule has 0 spiro atoms. The fourth-order valence-electron chi connectivity index (χ4n) is 5.10. The number of morpholine rings is 1. The molecule has 1 aliphatic carbocycles. The maximum Gasteiger partial charge on any atom is 0.414 e. The van der Waals surface area contributed by atoms with Crippen LogP contribution in [-0.2, 0) is 19.1 Å². The van der Waals surface area contributed by atoms with Crippen molar-refractivity contribution in [2.24, 2.45) is 17.8 Å². The number of carbonyl (C=O) groups is 3. The first-order valence-electron chi connectivity index (χ1n) is 11.1. The molecule has 5 rings (SSSR count). The number of piperidine rings is 1. The second kappa shape index (κ2) is 8.23. The van der Waals surface area contributed by atoms with Crippen LogP contribution in [-0.4, -0.2) is 81.4 Å². The van der Waals surface area contributed by atoms with E-state index in [0.29, 0.717) is 50.8 Å². The number of fused-ring (bicyclic) bond motifs is 1. The Morgan fingerprint density at radius 2 is 1.88 bits per heavy atom. The Bertz CT molecular complexity index is 925. The third-order valence-corrected chi connectivity index (χ3v) is 6.84. The lowest BCUT2D eigenvalue weighted by molar-refractivity contribution is -0.137. The number of halogens is 1. The van der Waals surface area contributed by atoms with Crippen LogP contribution in [0.1, 0.15) is 6.92 Å². The molecule has 0 bridgehead atoms. The van der Waals surface area contributed by atoms with Gasteiger partial charge in [-0.25, -0.2) is 9.18 Å². The predicted octanol–water partition coefficient (Wildman–Crippen LogP) is 0.828. The maximum absolute atomic E-state index is 15.0. The standard InChI is InChI=1S/C22H27FN4O5/c1-13(28)24-9-15-10-27(22(30)32-15)14-2-3-19(18(23)8-14)26-11-16-17(12-26)20(16)21(29)25-4-6-31-7-5-25/h2-3,8,15-17,20H,4-7,9-12H2,1H3,(H,24,28)/t15-,16-,17+,20?/m0/s1. The van der Waals surface area contributed by atoms with Crippen LogP contribution in [0.2, 0.25) is 0 Å². The first kappa shape index (κ1) is 21.0. The van der Waals surface area contributed by atoms with E-state index in [9.17, 15) is 18.8 Å². The maximum atomic E-state index is 15.0. The van der Waals surface area contributed by atoms with E-state index in [1.807, 2.05) is 9.80 Å². The molecule has 0 radical (unpaired) electrons. The summed E-state index contributed by atoms with van der Waals surface area (Å²) in [4.78, 5) is 41.2. The Balaban J connectivity index is 1.19. The van der Waals surface area contributed by atoms with Gasteiger partial charge in [-0.1, -0.05) is 0 Å². The summed E-state index contributed by atoms with van der Waals surface area (Å²) in [7, 11) is 0. The molecule has 32 heavy (non-hydrogen) atoms. The largest absolute Gasteiger partial charge is 0.442 e. The fourth-order valence-corrected chi connectivity index (χ4v) is 5.10. The summed E-state index contributed by atoms with van der Waals surface area (Å²) in [5, 5.41) is 2.62. The minimum atomic E-state index is -0.556. The number of cyclic esters (lactones) is 1. The van der Waals surface area contributed by atoms with Crippen LogP contribution in [0.3, 0.4) is 0 Å². The van der Waals surface area contributed by atoms with Gasteiger partial charge in [0.05, 0.1) is 37.7 Å². The minimum absolute atomic E-state index is 0.0478. The normalized spacial score (nSPS) is 29.1. The summed E-state index contributed by atoms with van der Waals surface area (Å²) < 4.78 is 25.5. The van der Waals surface area contributed by atoms with Crippen molar-refractivity contribution in [3.05, 3.63) is 24.0 Å². The van der Waals surface area contributed by atoms with Gasteiger partial charge in [-0.2, -0.15) is 0 Å². The number of ether oxygens (including phenoxy) is 2. The molecule has 3 amide bonds. The zero-order valence-corrected chi connectivity index (χ0v) is 18.0. The third kappa shape index (κ3) is 3.87. The molecule has 3 saturated heterocycles. The Morgan fingerprint density at radius 1 is 1.16 bits per heavy atom. The van der Waals surface area contributed by atoms with E-state index in [2.05, 4.69) is 5.32 Å². The Morgan fingerprint density at radius 3 is 2.53 bits per heavy atom. The number of benzene rings is 1. The van der Waals surface area contributed by atoms with Gasteiger partial charge in [0.1, 0.15) is 11.9 Å². The van der Waals surface area contributed by atoms with Gasteiger partial charge in [-0.05, 0) is 30.0 Å². The highest BCUT2D eigenvalue weighted by atomic mass is 19.1. The molecule has 3 heterocycles. The van der Waals surface area contributed by atoms with Crippen molar-refractivity contribution in [3.63, 3.8) is 0 Å². The van der Waals surface area contributed by atoms with E-state index in [4.69, 9.17) is 9.47 Å². The highest BCUT2D eigenvalue weighted by Gasteiger charge is 2.60. The van der Waals surface area contributed by atoms with Crippen LogP contribution in [0.15, 0.2) is 18.2 Å². The Hall–Kier alpha value is -2.88. The number of nitrogens with one attached hydrogen (secondary N) is 1. The van der Waals surface area contributed by atoms with Crippen LogP contribution in [0.25, 0.3) is 0 Å². The van der Waals surface area contributed by atoms with E-state index in [-0.39, 0.29) is 42.7 Å². The molecular weight excluding hydrogens is 419 g/mol. The lowest BCUT2D eigenvalue weighted by atomic mass is 10.2. The molecule has 1 N–H and O–H groups in total. The highest BCUT2D eigenvalue weighted by Crippen LogP contribution is 2.53. The first-order valence-corrected chi connectivity index (χ1v) is 11.1. The zero-order valence-electron chi connectivity index (χ0n) is 18.0. The van der Waals surface area contributed by atoms with Crippen molar-refractivity contribution < 1.29 is 28.2 Å². The average molecular weight is 446 g/mol. The van der Waals surface area contributed by atoms with Crippen LogP contribution in [0.5, 0.6) is 0 Å². The second-order valence-electron chi connectivity index (χ2n) is 8.89. The summed E-state index contributed by atoms with van der Waals surface area (Å²) in [5.74, 6) is 0.192. The number of rotatable bonds is 5. The van der Waals surface area contributed by atoms with Crippen LogP contribution in [0.4, 0.5) is 20.6 Å². The molecule has 4 aliphatic rings. The third-order valence-electron chi connectivity index (χ3n) is 6.84. The predicted molar refractivity (Wildman–Crippen MR) is 113 cm³/mol. The number of carbonyl (C=O) groups excluding carboxylic acids is 3. The number of anilines is 2. The molecule has 0 aromatic heterocycles. The molecule has 3 aliphatic heterocycles. The summed E-state index contributed by atoms with van der Waals surface area (Å²) in [6.07, 6.45) is -1.03. The molecular formula is C22H27FN4O5. The van der Waals surface area contributed by atoms with Gasteiger partial charge < -0.3 is 24.6 Å². The Labute approximate surface area is 185 Å². The molecule has 1 saturated carbocycles. The average Bonchev–Trinajstić information content (AvgIpc) is 3.08. The molecule has 4 fully saturated rings. The molecule has 4 atom stereocenters. The number of amides is 3. The van der Waals surface area contributed by atoms with Gasteiger partial charge in [-0.3, -0.25) is 14.5 Å². The summed E-state index contributed by atoms with van der Waals surface area (Å²) >= 11 is 0. The minimum Gasteiger partial charge on any atom is -0.442 e. The monoisotopic (exact) mass is 446 g/mol. The van der Waals surface area contributed by atoms with Crippen molar-refractivity contribution >= 4 is 29.3 Å². The highest BCUT2D eigenvalue weighted by molar-refractivity contribution is 5.90. The SMILES string of the molecule is CC(=O)NC[C@H]1CN(c2ccc(N3C[C@@H]4C(C(=O)N5CCOCC5)[C@@H]4C3)c(F)c2)C(=O)O1. The molecule has 10 heteroatoms. The number of hydrogen-bond donors (Lipinski definition) is 1. The van der Waals surface area contributed by atoms with E-state index >= 15 is 0 Å². The second-order valence-corrected chi connectivity index (χ2v) is 8.89. The zero-order chi connectivity index (χ0) is 22.4. The van der Waals surface area contributed by atoms with Gasteiger partial charge in [-0.15, -0.1) is 0 Å². The van der Waals surface area contributed by atoms with Gasteiger partial charge >= 0.3 is 6.09 Å². The van der Waals surface area contributed by atoms with Crippen LogP contribution < -0.4 is 15.1 Å². The summed E-state index contributed by atoms with van der Waals surface area (Å²) in [5.41, 5.74) is 0.909. The topological polar surface area (TPSA) is 91.4 Å². The smallest absolute Gasteiger partial charge is 0.414 e. The van der Waals surface area contributed by atoms with Gasteiger partial charge in [0.2, 0.25) is 11.8 Å². The quantitative estimate of drug-likeness (QED) is 0.721. The van der Waals surface area contributed by atoms with Crippen molar-refractivity contribution in [1.29, 1.82) is 0 Å². The first-order chi connectivity index (χ1) is 15.4. The summed E-state index contributed by atoms with van der Waals surface area (Å²) in [6.45, 7) is 5.67. The molecule has 1 unspecified atom stereocenters. The number of hydrogen-bond acceptors (Lipinski definition) is 6. The van der Waals surface area contributed by atoms with E-state index in [1.54, 1.807) is 12.1 Å². The van der Waals surface area contributed by atoms with Gasteiger partial charge in [0.15, 0.2) is 0 Å². The number of nitrogens with zero attached hydrogens (tertiary/aromatic N) is 3. The van der Waals surface area contributed by atoms with E-state index in [1.165, 1.54) is 17.9 Å². The Kier molecular flexibility index (Phi) is 5.40. The molecule has 172 valence electrons. The molecule has 1 aromatic carbocycles. The van der Waals surface area contributed by atoms with Crippen LogP contribution in [0, 0.1) is 23.6 Å². The van der Waals surface area contributed by atoms with Gasteiger partial charge in [0.25, 0.3) is 0 Å². The summed E-state index contributed by atoms with van der Waals surface area (Å²) in [6, 6.07) is 4.74. The van der Waals surface area contributed by atoms with Crippen molar-refractivity contribution in [2.75, 3.05) is 62.3 Å². The van der Waals surface area contributed by atoms with E-state index in [0.717, 1.165) is 0 Å². The lowest BCUT2D eigenvalue weighted by Crippen LogP contribution is -2.43. The van der Waals surface area contributed by atoms with Crippen molar-refractivity contribution in [2.45, 2.75) is 13.0 Å². The van der Waals surface area contributed by atoms with Gasteiger partial charge in [0, 0.05) is 39.0 Å². The lowest BCUT2D eigenvalue weighted by Gasteiger charge is -2.29. The van der Waals surface area contributed by atoms with Crippen LogP contribution >= 0.6 is 0 Å².